The average molecular weight is 180 g/mol. The number of imidazole rings is 1. The molecule has 1 aromatic rings. The summed E-state index contributed by atoms with van der Waals surface area (Å²) in [5.41, 5.74) is 6.57. The molecule has 0 aliphatic rings. The Balaban J connectivity index is 2.69. The number of nitrogens with two attached hydrogens (primary N) is 1. The zero-order valence-corrected chi connectivity index (χ0v) is 7.54. The quantitative estimate of drug-likeness (QED) is 0.612. The van der Waals surface area contributed by atoms with Gasteiger partial charge in [-0.2, -0.15) is 0 Å². The Morgan fingerprint density at radius 1 is 1.78 bits per heavy atom. The second-order valence-electron chi connectivity index (χ2n) is 1.83. The van der Waals surface area contributed by atoms with Crippen molar-refractivity contribution >= 4 is 18.8 Å². The van der Waals surface area contributed by atoms with Crippen molar-refractivity contribution < 1.29 is 0 Å². The van der Waals surface area contributed by atoms with E-state index in [-0.39, 0.29) is 0 Å². The van der Waals surface area contributed by atoms with Crippen LogP contribution in [0.4, 0.5) is 0 Å². The van der Waals surface area contributed by atoms with E-state index in [1.165, 1.54) is 24.5 Å². The van der Waals surface area contributed by atoms with Gasteiger partial charge in [-0.25, -0.2) is 0 Å². The minimum absolute atomic E-state index is 0.704. The molecule has 1 rings (SSSR count). The van der Waals surface area contributed by atoms with Gasteiger partial charge in [-0.15, -0.1) is 0 Å². The van der Waals surface area contributed by atoms with E-state index < -0.39 is 0 Å². The number of hydrogen-bond acceptors (Lipinski definition) is 2. The Morgan fingerprint density at radius 3 is 3.00 bits per heavy atom. The monoisotopic (exact) mass is 179 g/mol. The molecule has 0 spiro atoms. The summed E-state index contributed by atoms with van der Waals surface area (Å²) < 4.78 is 2.04. The van der Waals surface area contributed by atoms with Gasteiger partial charge in [-0.3, -0.25) is 0 Å². The Hall–Kier alpha value is -0.194. The van der Waals surface area contributed by atoms with Crippen LogP contribution in [0.3, 0.4) is 0 Å². The summed E-state index contributed by atoms with van der Waals surface area (Å²) in [5, 5.41) is 0. The molecule has 1 aromatic heterocycles. The van der Waals surface area contributed by atoms with Gasteiger partial charge >= 0.3 is 64.0 Å². The van der Waals surface area contributed by atoms with Crippen molar-refractivity contribution in [1.29, 1.82) is 0 Å². The van der Waals surface area contributed by atoms with Crippen LogP contribution in [0.15, 0.2) is 12.5 Å². The molecule has 0 aromatic carbocycles. The zero-order chi connectivity index (χ0) is 6.69. The molecule has 3 nitrogen and oxygen atoms in total. The first-order valence-corrected chi connectivity index (χ1v) is 3.89. The van der Waals surface area contributed by atoms with Crippen molar-refractivity contribution in [2.75, 3.05) is 6.54 Å². The summed E-state index contributed by atoms with van der Waals surface area (Å²) in [6.07, 6.45) is 4.60. The summed E-state index contributed by atoms with van der Waals surface area (Å²) in [5.74, 6) is 0. The number of nitrogens with zero attached hydrogens (tertiary/aromatic N) is 2. The minimum atomic E-state index is 0.704. The van der Waals surface area contributed by atoms with Gasteiger partial charge in [-0.1, -0.05) is 0 Å². The fourth-order valence-electron chi connectivity index (χ4n) is 0.674. The van der Waals surface area contributed by atoms with Crippen LogP contribution in [0.5, 0.6) is 0 Å². The van der Waals surface area contributed by atoms with Crippen molar-refractivity contribution in [2.24, 2.45) is 5.73 Å². The molecule has 0 aliphatic heterocycles. The molecule has 0 unspecified atom stereocenters. The molecule has 1 heterocycles. The van der Waals surface area contributed by atoms with Gasteiger partial charge in [0, 0.05) is 0 Å². The number of aromatic nitrogens is 2. The first-order valence-electron chi connectivity index (χ1n) is 2.81. The Bertz CT molecular complexity index is 184. The summed E-state index contributed by atoms with van der Waals surface area (Å²) >= 11 is 1.54. The molecule has 2 N–H and O–H groups in total. The van der Waals surface area contributed by atoms with Gasteiger partial charge in [0.05, 0.1) is 0 Å². The summed E-state index contributed by atoms with van der Waals surface area (Å²) in [4.78, 5) is 3.96. The van der Waals surface area contributed by atoms with Gasteiger partial charge in [0.2, 0.25) is 0 Å². The van der Waals surface area contributed by atoms with Crippen LogP contribution < -0.4 is 5.73 Å². The second-order valence-corrected chi connectivity index (χ2v) is 3.00. The van der Waals surface area contributed by atoms with E-state index in [1.54, 1.807) is 0 Å². The van der Waals surface area contributed by atoms with Crippen molar-refractivity contribution in [3.8, 4) is 0 Å². The zero-order valence-electron chi connectivity index (χ0n) is 5.12. The molecule has 0 bridgehead atoms. The van der Waals surface area contributed by atoms with Gasteiger partial charge in [0.25, 0.3) is 0 Å². The second kappa shape index (κ2) is 3.10. The Morgan fingerprint density at radius 2 is 2.56 bits per heavy atom. The fourth-order valence-corrected chi connectivity index (χ4v) is 1.25. The van der Waals surface area contributed by atoms with E-state index >= 15 is 0 Å². The normalized spacial score (nSPS) is 9.89. The molecular weight excluding hydrogens is 172 g/mol. The van der Waals surface area contributed by atoms with Crippen molar-refractivity contribution in [1.82, 2.24) is 8.26 Å². The van der Waals surface area contributed by atoms with Crippen molar-refractivity contribution in [3.63, 3.8) is 0 Å². The van der Waals surface area contributed by atoms with Gasteiger partial charge in [0.1, 0.15) is 0 Å². The molecule has 0 saturated heterocycles. The molecule has 46 valence electrons. The van der Waals surface area contributed by atoms with Crippen LogP contribution in [0.2, 0.25) is 0 Å². The van der Waals surface area contributed by atoms with E-state index in [9.17, 15) is 0 Å². The molecule has 2 radical (unpaired) electrons. The molecule has 4 heteroatoms. The van der Waals surface area contributed by atoms with E-state index in [4.69, 9.17) is 5.73 Å². The average Bonchev–Trinajstić information content (AvgIpc) is 2.18. The number of rotatable bonds is 2. The number of hydrogen-bond donors (Lipinski definition) is 1. The Labute approximate surface area is 64.4 Å². The third kappa shape index (κ3) is 1.60. The molecule has 9 heavy (non-hydrogen) atoms. The molecule has 0 amide bonds. The van der Waals surface area contributed by atoms with E-state index in [2.05, 4.69) is 4.98 Å². The standard InChI is InChI=1S/C5H8N3.Ga/c6-2-1-5-3-7-4-8-5;/h3-4H,1-2,6H2;/q-1;+1. The summed E-state index contributed by atoms with van der Waals surface area (Å²) in [7, 11) is 0. The van der Waals surface area contributed by atoms with Crippen LogP contribution in [-0.4, -0.2) is 33.6 Å². The Kier molecular flexibility index (Phi) is 2.38. The first kappa shape index (κ1) is 6.92. The fraction of sp³-hybridized carbons (Fsp3) is 0.400. The van der Waals surface area contributed by atoms with Crippen LogP contribution in [0.25, 0.3) is 0 Å². The van der Waals surface area contributed by atoms with E-state index in [0.717, 1.165) is 6.42 Å². The third-order valence-electron chi connectivity index (χ3n) is 1.15. The molecule has 0 saturated carbocycles. The van der Waals surface area contributed by atoms with Crippen LogP contribution in [0.1, 0.15) is 5.69 Å². The molecule has 0 atom stereocenters. The maximum absolute atomic E-state index is 5.35. The van der Waals surface area contributed by atoms with Gasteiger partial charge in [0.15, 0.2) is 0 Å². The van der Waals surface area contributed by atoms with E-state index in [1.807, 2.05) is 15.8 Å². The molecular formula is C5H8GaN3. The van der Waals surface area contributed by atoms with Crippen LogP contribution in [0, 0.1) is 0 Å². The summed E-state index contributed by atoms with van der Waals surface area (Å²) in [6.45, 7) is 0.704. The van der Waals surface area contributed by atoms with Gasteiger partial charge in [-0.05, 0) is 0 Å². The SMILES string of the molecule is NCCc1cnc[n]1[Ga]. The first-order chi connectivity index (χ1) is 4.34. The van der Waals surface area contributed by atoms with E-state index in [0.29, 0.717) is 6.54 Å². The third-order valence-corrected chi connectivity index (χ3v) is 2.12. The van der Waals surface area contributed by atoms with Crippen LogP contribution in [-0.2, 0) is 6.42 Å². The molecule has 0 aliphatic carbocycles. The van der Waals surface area contributed by atoms with Crippen molar-refractivity contribution in [2.45, 2.75) is 6.42 Å². The predicted molar refractivity (Wildman–Crippen MR) is 36.1 cm³/mol. The van der Waals surface area contributed by atoms with Crippen molar-refractivity contribution in [3.05, 3.63) is 18.2 Å². The maximum atomic E-state index is 5.35. The molecule has 0 fully saturated rings. The summed E-state index contributed by atoms with van der Waals surface area (Å²) in [6, 6.07) is 0. The predicted octanol–water partition coefficient (Wildman–Crippen LogP) is -0.684. The topological polar surface area (TPSA) is 43.8 Å². The van der Waals surface area contributed by atoms with Crippen LogP contribution >= 0.6 is 0 Å². The van der Waals surface area contributed by atoms with Gasteiger partial charge < -0.3 is 0 Å².